The largest absolute Gasteiger partial charge is 0.392 e. The van der Waals surface area contributed by atoms with E-state index in [1.54, 1.807) is 12.1 Å². The maximum Gasteiger partial charge on any atom is 0.244 e. The Balaban J connectivity index is 3.20. The van der Waals surface area contributed by atoms with Crippen molar-refractivity contribution in [3.63, 3.8) is 0 Å². The highest BCUT2D eigenvalue weighted by Crippen LogP contribution is 2.26. The van der Waals surface area contributed by atoms with Crippen LogP contribution in [-0.2, 0) is 21.4 Å². The molecule has 0 bridgehead atoms. The standard InChI is InChI=1S/C13H18BrNO4S/c1-3-6-15(7-8-19-2)20(17,18)13-9-11(10-16)4-5-12(13)14/h3-5,9,16H,1,6-8,10H2,2H3. The fourth-order valence-electron chi connectivity index (χ4n) is 1.63. The van der Waals surface area contributed by atoms with Crippen LogP contribution < -0.4 is 0 Å². The minimum absolute atomic E-state index is 0.127. The summed E-state index contributed by atoms with van der Waals surface area (Å²) in [7, 11) is -2.16. The number of nitrogens with zero attached hydrogens (tertiary/aromatic N) is 1. The van der Waals surface area contributed by atoms with E-state index >= 15 is 0 Å². The van der Waals surface area contributed by atoms with E-state index in [0.29, 0.717) is 16.6 Å². The number of hydrogen-bond donors (Lipinski definition) is 1. The first-order valence-electron chi connectivity index (χ1n) is 5.96. The predicted octanol–water partition coefficient (Wildman–Crippen LogP) is 1.76. The quantitative estimate of drug-likeness (QED) is 0.714. The minimum Gasteiger partial charge on any atom is -0.392 e. The van der Waals surface area contributed by atoms with E-state index in [2.05, 4.69) is 22.5 Å². The third kappa shape index (κ3) is 4.13. The molecule has 20 heavy (non-hydrogen) atoms. The van der Waals surface area contributed by atoms with E-state index in [0.717, 1.165) is 0 Å². The fraction of sp³-hybridized carbons (Fsp3) is 0.385. The molecule has 1 rings (SSSR count). The van der Waals surface area contributed by atoms with Crippen LogP contribution in [0.1, 0.15) is 5.56 Å². The normalized spacial score (nSPS) is 11.8. The Kier molecular flexibility index (Phi) is 6.84. The zero-order valence-electron chi connectivity index (χ0n) is 11.3. The maximum absolute atomic E-state index is 12.6. The van der Waals surface area contributed by atoms with Crippen LogP contribution in [0.15, 0.2) is 40.2 Å². The Morgan fingerprint density at radius 1 is 1.50 bits per heavy atom. The van der Waals surface area contributed by atoms with E-state index in [4.69, 9.17) is 9.84 Å². The van der Waals surface area contributed by atoms with Crippen molar-refractivity contribution in [3.05, 3.63) is 40.9 Å². The second-order valence-corrected chi connectivity index (χ2v) is 6.83. The summed E-state index contributed by atoms with van der Waals surface area (Å²) in [6.07, 6.45) is 1.52. The molecule has 0 spiro atoms. The van der Waals surface area contributed by atoms with Gasteiger partial charge in [-0.1, -0.05) is 12.1 Å². The first kappa shape index (κ1) is 17.3. The van der Waals surface area contributed by atoms with Gasteiger partial charge >= 0.3 is 0 Å². The molecule has 1 N–H and O–H groups in total. The zero-order chi connectivity index (χ0) is 15.2. The van der Waals surface area contributed by atoms with Gasteiger partial charge < -0.3 is 9.84 Å². The van der Waals surface area contributed by atoms with Crippen LogP contribution in [0.25, 0.3) is 0 Å². The third-order valence-electron chi connectivity index (χ3n) is 2.67. The topological polar surface area (TPSA) is 66.8 Å². The SMILES string of the molecule is C=CCN(CCOC)S(=O)(=O)c1cc(CO)ccc1Br. The highest BCUT2D eigenvalue weighted by Gasteiger charge is 2.25. The molecule has 112 valence electrons. The second kappa shape index (κ2) is 7.90. The van der Waals surface area contributed by atoms with E-state index in [1.165, 1.54) is 23.6 Å². The van der Waals surface area contributed by atoms with Crippen LogP contribution in [0.3, 0.4) is 0 Å². The van der Waals surface area contributed by atoms with Gasteiger partial charge in [-0.15, -0.1) is 6.58 Å². The first-order chi connectivity index (χ1) is 9.47. The van der Waals surface area contributed by atoms with Crippen LogP contribution in [0, 0.1) is 0 Å². The van der Waals surface area contributed by atoms with Gasteiger partial charge in [0.1, 0.15) is 0 Å². The van der Waals surface area contributed by atoms with E-state index in [9.17, 15) is 8.42 Å². The average Bonchev–Trinajstić information content (AvgIpc) is 2.43. The summed E-state index contributed by atoms with van der Waals surface area (Å²) >= 11 is 3.24. The van der Waals surface area contributed by atoms with Gasteiger partial charge in [0, 0.05) is 24.7 Å². The van der Waals surface area contributed by atoms with Crippen molar-refractivity contribution in [1.29, 1.82) is 0 Å². The van der Waals surface area contributed by atoms with E-state index in [-0.39, 0.29) is 24.6 Å². The number of aliphatic hydroxyl groups is 1. The molecule has 7 heteroatoms. The molecule has 0 aliphatic rings. The molecule has 0 amide bonds. The summed E-state index contributed by atoms with van der Waals surface area (Å²) in [4.78, 5) is 0.127. The predicted molar refractivity (Wildman–Crippen MR) is 80.9 cm³/mol. The van der Waals surface area contributed by atoms with Gasteiger partial charge in [-0.05, 0) is 33.6 Å². The van der Waals surface area contributed by atoms with Crippen LogP contribution in [0.4, 0.5) is 0 Å². The Morgan fingerprint density at radius 3 is 2.75 bits per heavy atom. The lowest BCUT2D eigenvalue weighted by Gasteiger charge is -2.21. The van der Waals surface area contributed by atoms with Crippen molar-refractivity contribution in [2.75, 3.05) is 26.8 Å². The van der Waals surface area contributed by atoms with Crippen molar-refractivity contribution in [2.24, 2.45) is 0 Å². The Morgan fingerprint density at radius 2 is 2.20 bits per heavy atom. The molecule has 0 saturated carbocycles. The average molecular weight is 364 g/mol. The smallest absolute Gasteiger partial charge is 0.244 e. The van der Waals surface area contributed by atoms with Gasteiger partial charge in [-0.3, -0.25) is 0 Å². The Bertz CT molecular complexity index is 559. The van der Waals surface area contributed by atoms with Crippen LogP contribution in [0.2, 0.25) is 0 Å². The van der Waals surface area contributed by atoms with Gasteiger partial charge in [0.2, 0.25) is 10.0 Å². The Hall–Kier alpha value is -0.730. The monoisotopic (exact) mass is 363 g/mol. The number of methoxy groups -OCH3 is 1. The zero-order valence-corrected chi connectivity index (χ0v) is 13.7. The lowest BCUT2D eigenvalue weighted by atomic mass is 10.2. The molecule has 0 heterocycles. The summed E-state index contributed by atoms with van der Waals surface area (Å²) in [5.74, 6) is 0. The highest BCUT2D eigenvalue weighted by molar-refractivity contribution is 9.10. The summed E-state index contributed by atoms with van der Waals surface area (Å²) in [6.45, 7) is 4.09. The molecular weight excluding hydrogens is 346 g/mol. The van der Waals surface area contributed by atoms with Crippen LogP contribution in [0.5, 0.6) is 0 Å². The first-order valence-corrected chi connectivity index (χ1v) is 8.20. The van der Waals surface area contributed by atoms with Crippen molar-refractivity contribution < 1.29 is 18.3 Å². The molecule has 0 atom stereocenters. The van der Waals surface area contributed by atoms with Gasteiger partial charge in [-0.2, -0.15) is 4.31 Å². The highest BCUT2D eigenvalue weighted by atomic mass is 79.9. The third-order valence-corrected chi connectivity index (χ3v) is 5.53. The molecule has 1 aromatic rings. The van der Waals surface area contributed by atoms with Crippen LogP contribution >= 0.6 is 15.9 Å². The number of halogens is 1. The summed E-state index contributed by atoms with van der Waals surface area (Å²) in [6, 6.07) is 4.74. The maximum atomic E-state index is 12.6. The lowest BCUT2D eigenvalue weighted by molar-refractivity contribution is 0.182. The summed E-state index contributed by atoms with van der Waals surface area (Å²) in [5, 5.41) is 9.14. The molecule has 5 nitrogen and oxygen atoms in total. The molecule has 0 fully saturated rings. The molecule has 0 unspecified atom stereocenters. The van der Waals surface area contributed by atoms with Crippen molar-refractivity contribution >= 4 is 26.0 Å². The summed E-state index contributed by atoms with van der Waals surface area (Å²) < 4.78 is 31.9. The number of sulfonamides is 1. The second-order valence-electron chi connectivity index (χ2n) is 4.07. The van der Waals surface area contributed by atoms with Crippen LogP contribution in [-0.4, -0.2) is 44.6 Å². The number of benzene rings is 1. The minimum atomic E-state index is -3.67. The van der Waals surface area contributed by atoms with E-state index < -0.39 is 10.0 Å². The fourth-order valence-corrected chi connectivity index (χ4v) is 4.00. The molecule has 0 aliphatic carbocycles. The number of rotatable bonds is 8. The molecule has 1 aromatic carbocycles. The molecule has 0 aliphatic heterocycles. The number of hydrogen-bond acceptors (Lipinski definition) is 4. The summed E-state index contributed by atoms with van der Waals surface area (Å²) in [5.41, 5.74) is 0.539. The molecular formula is C13H18BrNO4S. The van der Waals surface area contributed by atoms with Gasteiger partial charge in [0.15, 0.2) is 0 Å². The molecule has 0 saturated heterocycles. The molecule has 0 radical (unpaired) electrons. The number of ether oxygens (including phenoxy) is 1. The number of aliphatic hydroxyl groups excluding tert-OH is 1. The van der Waals surface area contributed by atoms with Crippen molar-refractivity contribution in [2.45, 2.75) is 11.5 Å². The van der Waals surface area contributed by atoms with Crippen molar-refractivity contribution in [3.8, 4) is 0 Å². The van der Waals surface area contributed by atoms with Gasteiger partial charge in [0.25, 0.3) is 0 Å². The van der Waals surface area contributed by atoms with Gasteiger partial charge in [-0.25, -0.2) is 8.42 Å². The Labute approximate surface area is 128 Å². The lowest BCUT2D eigenvalue weighted by Crippen LogP contribution is -2.34. The van der Waals surface area contributed by atoms with E-state index in [1.807, 2.05) is 0 Å². The van der Waals surface area contributed by atoms with Gasteiger partial charge in [0.05, 0.1) is 18.1 Å². The van der Waals surface area contributed by atoms with Crippen molar-refractivity contribution in [1.82, 2.24) is 4.31 Å². The molecule has 0 aromatic heterocycles.